The molecule has 1 amide bonds. The summed E-state index contributed by atoms with van der Waals surface area (Å²) in [6, 6.07) is 3.12. The van der Waals surface area contributed by atoms with Crippen molar-refractivity contribution in [2.24, 2.45) is 10.2 Å². The fraction of sp³-hybridized carbons (Fsp3) is 0.118. The first-order valence-electron chi connectivity index (χ1n) is 8.67. The van der Waals surface area contributed by atoms with E-state index in [0.29, 0.717) is 0 Å². The van der Waals surface area contributed by atoms with Crippen molar-refractivity contribution in [1.82, 2.24) is 5.32 Å². The molecule has 0 aliphatic rings. The van der Waals surface area contributed by atoms with Gasteiger partial charge in [-0.25, -0.2) is 0 Å². The van der Waals surface area contributed by atoms with Gasteiger partial charge >= 0.3 is 59.1 Å². The van der Waals surface area contributed by atoms with Crippen molar-refractivity contribution in [1.29, 1.82) is 0 Å². The second-order valence-electron chi connectivity index (χ2n) is 4.86. The standard InChI is InChI=1S/C17H15N3O6.2Na/c21-14-6-5-12(9-13(14)17(25)26)20-19-11-3-1-10(2-4-11)16(24)18-8-7-15(22)23;;/h1-6,9,21H,7-8H2,(H,18,24)(H,22,23)(H,25,26);;/q;2*+1/p-2/i5D,6D,9D;;. The molecule has 0 saturated carbocycles. The first kappa shape index (κ1) is 21.0. The maximum Gasteiger partial charge on any atom is 1.00 e. The third-order valence-electron chi connectivity index (χ3n) is 2.99. The molecule has 134 valence electrons. The summed E-state index contributed by atoms with van der Waals surface area (Å²) in [4.78, 5) is 33.2. The van der Waals surface area contributed by atoms with Crippen LogP contribution in [0.1, 0.15) is 31.2 Å². The zero-order valence-electron chi connectivity index (χ0n) is 18.1. The fourth-order valence-electron chi connectivity index (χ4n) is 1.75. The summed E-state index contributed by atoms with van der Waals surface area (Å²) in [6.07, 6.45) is -0.332. The minimum atomic E-state index is -1.90. The number of nitrogens with zero attached hydrogens (tertiary/aromatic N) is 2. The number of carbonyl (C=O) groups excluding carboxylic acids is 3. The molecule has 0 aromatic heterocycles. The Labute approximate surface area is 208 Å². The van der Waals surface area contributed by atoms with Crippen molar-refractivity contribution in [3.8, 4) is 5.75 Å². The van der Waals surface area contributed by atoms with E-state index in [1.807, 2.05) is 0 Å². The van der Waals surface area contributed by atoms with E-state index in [-0.39, 0.29) is 83.3 Å². The van der Waals surface area contributed by atoms with Gasteiger partial charge in [0.25, 0.3) is 5.91 Å². The van der Waals surface area contributed by atoms with Gasteiger partial charge in [0, 0.05) is 30.1 Å². The summed E-state index contributed by atoms with van der Waals surface area (Å²) in [6.45, 7) is -0.0990. The molecular formula is C17H13N3Na2O6. The molecule has 0 aliphatic carbocycles. The molecular weight excluding hydrogens is 388 g/mol. The van der Waals surface area contributed by atoms with Crippen molar-refractivity contribution in [3.63, 3.8) is 0 Å². The van der Waals surface area contributed by atoms with Gasteiger partial charge in [0.2, 0.25) is 0 Å². The number of rotatable bonds is 7. The molecule has 2 aromatic rings. The number of nitrogens with one attached hydrogen (secondary N) is 1. The maximum atomic E-state index is 11.8. The van der Waals surface area contributed by atoms with Crippen LogP contribution in [-0.4, -0.2) is 29.5 Å². The molecule has 0 atom stereocenters. The molecule has 11 heteroatoms. The zero-order chi connectivity index (χ0) is 21.7. The van der Waals surface area contributed by atoms with E-state index in [0.717, 1.165) is 0 Å². The minimum Gasteiger partial charge on any atom is -0.550 e. The van der Waals surface area contributed by atoms with E-state index < -0.39 is 53.0 Å². The number of phenols is 1. The monoisotopic (exact) mass is 404 g/mol. The summed E-state index contributed by atoms with van der Waals surface area (Å²) in [5.41, 5.74) is -1.12. The Morgan fingerprint density at radius 3 is 2.21 bits per heavy atom. The van der Waals surface area contributed by atoms with Gasteiger partial charge in [0.15, 0.2) is 0 Å². The summed E-state index contributed by atoms with van der Waals surface area (Å²) in [7, 11) is 0. The van der Waals surface area contributed by atoms with Crippen LogP contribution >= 0.6 is 0 Å². The molecule has 2 N–H and O–H groups in total. The van der Waals surface area contributed by atoms with Crippen LogP contribution in [-0.2, 0) is 4.79 Å². The molecule has 0 aliphatic heterocycles. The summed E-state index contributed by atoms with van der Waals surface area (Å²) >= 11 is 0. The van der Waals surface area contributed by atoms with Crippen molar-refractivity contribution in [2.75, 3.05) is 6.54 Å². The number of aromatic hydroxyl groups is 1. The summed E-state index contributed by atoms with van der Waals surface area (Å²) < 4.78 is 23.1. The molecule has 9 nitrogen and oxygen atoms in total. The van der Waals surface area contributed by atoms with Crippen LogP contribution in [0.2, 0.25) is 0 Å². The number of benzene rings is 2. The Balaban J connectivity index is 0.00000450. The van der Waals surface area contributed by atoms with Crippen molar-refractivity contribution >= 4 is 29.2 Å². The topological polar surface area (TPSA) is 154 Å². The second-order valence-corrected chi connectivity index (χ2v) is 4.86. The van der Waals surface area contributed by atoms with Crippen molar-refractivity contribution in [3.05, 3.63) is 53.5 Å². The Kier molecular flexibility index (Phi) is 9.48. The van der Waals surface area contributed by atoms with Gasteiger partial charge in [-0.05, 0) is 42.4 Å². The number of carbonyl (C=O) groups is 3. The predicted molar refractivity (Wildman–Crippen MR) is 85.0 cm³/mol. The third-order valence-corrected chi connectivity index (χ3v) is 2.99. The smallest absolute Gasteiger partial charge is 0.550 e. The molecule has 0 bridgehead atoms. The maximum absolute atomic E-state index is 11.8. The zero-order valence-corrected chi connectivity index (χ0v) is 19.1. The van der Waals surface area contributed by atoms with E-state index in [4.69, 9.17) is 4.11 Å². The van der Waals surface area contributed by atoms with E-state index in [2.05, 4.69) is 15.5 Å². The Morgan fingerprint density at radius 1 is 1.04 bits per heavy atom. The van der Waals surface area contributed by atoms with Gasteiger partial charge in [-0.2, -0.15) is 10.2 Å². The quantitative estimate of drug-likeness (QED) is 0.346. The number of hydrogen-bond acceptors (Lipinski definition) is 8. The van der Waals surface area contributed by atoms with E-state index in [1.54, 1.807) is 0 Å². The van der Waals surface area contributed by atoms with Crippen LogP contribution in [0.3, 0.4) is 0 Å². The molecule has 0 fully saturated rings. The van der Waals surface area contributed by atoms with Crippen molar-refractivity contribution in [2.45, 2.75) is 6.42 Å². The number of aromatic carboxylic acids is 1. The molecule has 0 spiro atoms. The summed E-state index contributed by atoms with van der Waals surface area (Å²) in [5.74, 6) is -4.78. The van der Waals surface area contributed by atoms with Gasteiger partial charge in [-0.15, -0.1) is 0 Å². The van der Waals surface area contributed by atoms with Gasteiger partial charge in [0.1, 0.15) is 5.75 Å². The molecule has 0 unspecified atom stereocenters. The van der Waals surface area contributed by atoms with E-state index in [9.17, 15) is 29.7 Å². The fourth-order valence-corrected chi connectivity index (χ4v) is 1.75. The second kappa shape index (κ2) is 12.7. The number of aliphatic carboxylic acids is 1. The largest absolute Gasteiger partial charge is 1.00 e. The van der Waals surface area contributed by atoms with Crippen LogP contribution in [0.15, 0.2) is 52.6 Å². The van der Waals surface area contributed by atoms with Crippen LogP contribution in [0, 0.1) is 0 Å². The first-order chi connectivity index (χ1) is 13.6. The Hall–Kier alpha value is -1.75. The average Bonchev–Trinajstić information content (AvgIpc) is 2.66. The van der Waals surface area contributed by atoms with Crippen LogP contribution < -0.4 is 74.6 Å². The number of azo groups is 1. The van der Waals surface area contributed by atoms with Gasteiger partial charge in [0.05, 0.1) is 21.5 Å². The van der Waals surface area contributed by atoms with E-state index >= 15 is 0 Å². The summed E-state index contributed by atoms with van der Waals surface area (Å²) in [5, 5.41) is 40.8. The van der Waals surface area contributed by atoms with Gasteiger partial charge in [-0.3, -0.25) is 4.79 Å². The Morgan fingerprint density at radius 2 is 1.64 bits per heavy atom. The molecule has 2 aromatic carbocycles. The normalized spacial score (nSPS) is 11.4. The predicted octanol–water partition coefficient (Wildman–Crippen LogP) is -5.95. The van der Waals surface area contributed by atoms with Gasteiger partial charge in [-0.1, -0.05) is 0 Å². The van der Waals surface area contributed by atoms with Crippen molar-refractivity contribution < 1.29 is 92.9 Å². The Bertz CT molecular complexity index is 1020. The first-order valence-corrected chi connectivity index (χ1v) is 7.17. The average molecular weight is 404 g/mol. The van der Waals surface area contributed by atoms with Crippen LogP contribution in [0.4, 0.5) is 11.4 Å². The van der Waals surface area contributed by atoms with E-state index in [1.165, 1.54) is 24.3 Å². The number of carboxylic acids is 2. The SMILES string of the molecule is [2H]c1c([2H])c(N=Nc2ccc(C(=O)NCCC(=O)[O-])cc2)c([2H])c(C(=O)[O-])c1O.[Na+].[Na+]. The molecule has 0 saturated heterocycles. The third kappa shape index (κ3) is 8.09. The molecule has 0 radical (unpaired) electrons. The number of amides is 1. The molecule has 2 rings (SSSR count). The number of hydrogen-bond donors (Lipinski definition) is 2. The van der Waals surface area contributed by atoms with Crippen LogP contribution in [0.25, 0.3) is 0 Å². The van der Waals surface area contributed by atoms with Crippen LogP contribution in [0.5, 0.6) is 5.75 Å². The number of carboxylic acid groups (broad SMARTS) is 2. The molecule has 28 heavy (non-hydrogen) atoms. The minimum absolute atomic E-state index is 0. The van der Waals surface area contributed by atoms with Gasteiger partial charge < -0.3 is 30.2 Å². The molecule has 0 heterocycles.